The van der Waals surface area contributed by atoms with Crippen LogP contribution in [0.1, 0.15) is 61.3 Å². The summed E-state index contributed by atoms with van der Waals surface area (Å²) in [5.74, 6) is -2.01. The van der Waals surface area contributed by atoms with Crippen LogP contribution in [0.15, 0.2) is 0 Å². The minimum Gasteiger partial charge on any atom is -0.465 e. The number of Topliss-reactive ketones (excluding diaryl/α,β-unsaturated/α-hetero) is 1. The average Bonchev–Trinajstić information content (AvgIpc) is 2.41. The van der Waals surface area contributed by atoms with Gasteiger partial charge in [-0.3, -0.25) is 9.59 Å². The summed E-state index contributed by atoms with van der Waals surface area (Å²) >= 11 is 0. The molecular weight excluding hydrogens is 298 g/mol. The fourth-order valence-electron chi connectivity index (χ4n) is 1.83. The number of unbranched alkanes of at least 4 members (excludes halogenated alkanes) is 1. The molecule has 0 fully saturated rings. The summed E-state index contributed by atoms with van der Waals surface area (Å²) < 4.78 is 10.2. The summed E-state index contributed by atoms with van der Waals surface area (Å²) in [5, 5.41) is 2.56. The van der Waals surface area contributed by atoms with Crippen LogP contribution in [-0.2, 0) is 19.1 Å². The standard InChI is InChI=1S/C17H31NO5/c1-8-9-10-22-15(20)12(4)14(19)13(11(2)3)18-16(21)23-17(5,6)7/h11-13H,8-10H2,1-7H3,(H,18,21)/t12?,13-/m0/s1. The van der Waals surface area contributed by atoms with Gasteiger partial charge < -0.3 is 14.8 Å². The third-order valence-electron chi connectivity index (χ3n) is 3.17. The second kappa shape index (κ2) is 9.53. The molecule has 134 valence electrons. The zero-order valence-electron chi connectivity index (χ0n) is 15.4. The number of alkyl carbamates (subject to hydrolysis) is 1. The van der Waals surface area contributed by atoms with Gasteiger partial charge in [0.25, 0.3) is 0 Å². The van der Waals surface area contributed by atoms with Crippen LogP contribution in [0.5, 0.6) is 0 Å². The summed E-state index contributed by atoms with van der Waals surface area (Å²) in [5.41, 5.74) is -0.653. The van der Waals surface area contributed by atoms with Crippen molar-refractivity contribution in [1.82, 2.24) is 5.32 Å². The molecule has 0 aliphatic rings. The van der Waals surface area contributed by atoms with Crippen molar-refractivity contribution in [1.29, 1.82) is 0 Å². The lowest BCUT2D eigenvalue weighted by atomic mass is 9.92. The van der Waals surface area contributed by atoms with E-state index in [0.29, 0.717) is 6.61 Å². The molecule has 0 aromatic heterocycles. The number of ether oxygens (including phenoxy) is 2. The van der Waals surface area contributed by atoms with E-state index < -0.39 is 29.6 Å². The molecule has 2 atom stereocenters. The molecular formula is C17H31NO5. The number of carbonyl (C=O) groups is 3. The number of hydrogen-bond acceptors (Lipinski definition) is 5. The molecule has 0 spiro atoms. The lowest BCUT2D eigenvalue weighted by Crippen LogP contribution is -2.49. The number of esters is 1. The van der Waals surface area contributed by atoms with Crippen LogP contribution in [0, 0.1) is 11.8 Å². The Labute approximate surface area is 139 Å². The van der Waals surface area contributed by atoms with E-state index in [2.05, 4.69) is 5.32 Å². The smallest absolute Gasteiger partial charge is 0.408 e. The van der Waals surface area contributed by atoms with Crippen molar-refractivity contribution in [3.05, 3.63) is 0 Å². The van der Waals surface area contributed by atoms with Crippen molar-refractivity contribution in [2.24, 2.45) is 11.8 Å². The van der Waals surface area contributed by atoms with E-state index in [1.807, 2.05) is 6.92 Å². The highest BCUT2D eigenvalue weighted by molar-refractivity contribution is 6.02. The fraction of sp³-hybridized carbons (Fsp3) is 0.824. The summed E-state index contributed by atoms with van der Waals surface area (Å²) in [4.78, 5) is 36.3. The third kappa shape index (κ3) is 8.57. The minimum atomic E-state index is -0.922. The molecule has 6 heteroatoms. The van der Waals surface area contributed by atoms with E-state index in [-0.39, 0.29) is 11.7 Å². The molecule has 6 nitrogen and oxygen atoms in total. The Hall–Kier alpha value is -1.59. The first-order valence-corrected chi connectivity index (χ1v) is 8.19. The quantitative estimate of drug-likeness (QED) is 0.420. The van der Waals surface area contributed by atoms with E-state index in [4.69, 9.17) is 9.47 Å². The molecule has 0 heterocycles. The number of hydrogen-bond donors (Lipinski definition) is 1. The van der Waals surface area contributed by atoms with Crippen molar-refractivity contribution in [2.75, 3.05) is 6.61 Å². The lowest BCUT2D eigenvalue weighted by Gasteiger charge is -2.26. The number of rotatable bonds is 8. The van der Waals surface area contributed by atoms with Gasteiger partial charge in [0.2, 0.25) is 0 Å². The Morgan fingerprint density at radius 2 is 1.65 bits per heavy atom. The first-order valence-electron chi connectivity index (χ1n) is 8.19. The fourth-order valence-corrected chi connectivity index (χ4v) is 1.83. The second-order valence-electron chi connectivity index (χ2n) is 7.01. The summed E-state index contributed by atoms with van der Waals surface area (Å²) in [7, 11) is 0. The number of carbonyl (C=O) groups excluding carboxylic acids is 3. The zero-order chi connectivity index (χ0) is 18.2. The van der Waals surface area contributed by atoms with Gasteiger partial charge in [-0.25, -0.2) is 4.79 Å². The topological polar surface area (TPSA) is 81.7 Å². The third-order valence-corrected chi connectivity index (χ3v) is 3.17. The summed E-state index contributed by atoms with van der Waals surface area (Å²) in [6, 6.07) is -0.793. The average molecular weight is 329 g/mol. The molecule has 1 N–H and O–H groups in total. The van der Waals surface area contributed by atoms with Gasteiger partial charge in [0.05, 0.1) is 12.6 Å². The van der Waals surface area contributed by atoms with Crippen LogP contribution in [-0.4, -0.2) is 36.1 Å². The molecule has 0 aliphatic carbocycles. The Kier molecular flexibility index (Phi) is 8.87. The van der Waals surface area contributed by atoms with Crippen LogP contribution < -0.4 is 5.32 Å². The highest BCUT2D eigenvalue weighted by Gasteiger charge is 2.33. The van der Waals surface area contributed by atoms with Crippen molar-refractivity contribution in [2.45, 2.75) is 73.0 Å². The van der Waals surface area contributed by atoms with Crippen molar-refractivity contribution in [3.8, 4) is 0 Å². The maximum atomic E-state index is 12.5. The molecule has 1 unspecified atom stereocenters. The zero-order valence-corrected chi connectivity index (χ0v) is 15.4. The Morgan fingerprint density at radius 3 is 2.09 bits per heavy atom. The second-order valence-corrected chi connectivity index (χ2v) is 7.01. The minimum absolute atomic E-state index is 0.166. The van der Waals surface area contributed by atoms with Crippen LogP contribution in [0.2, 0.25) is 0 Å². The van der Waals surface area contributed by atoms with Gasteiger partial charge in [-0.05, 0) is 40.0 Å². The van der Waals surface area contributed by atoms with Gasteiger partial charge in [0.1, 0.15) is 11.5 Å². The van der Waals surface area contributed by atoms with Crippen LogP contribution >= 0.6 is 0 Å². The monoisotopic (exact) mass is 329 g/mol. The molecule has 0 aromatic rings. The lowest BCUT2D eigenvalue weighted by molar-refractivity contribution is -0.152. The van der Waals surface area contributed by atoms with E-state index in [1.54, 1.807) is 34.6 Å². The largest absolute Gasteiger partial charge is 0.465 e. The first-order chi connectivity index (χ1) is 10.5. The predicted molar refractivity (Wildman–Crippen MR) is 88.0 cm³/mol. The SMILES string of the molecule is CCCCOC(=O)C(C)C(=O)[C@@H](NC(=O)OC(C)(C)C)C(C)C. The van der Waals surface area contributed by atoms with Crippen LogP contribution in [0.3, 0.4) is 0 Å². The van der Waals surface area contributed by atoms with Crippen LogP contribution in [0.25, 0.3) is 0 Å². The normalized spacial score (nSPS) is 14.1. The highest BCUT2D eigenvalue weighted by atomic mass is 16.6. The maximum absolute atomic E-state index is 12.5. The molecule has 0 radical (unpaired) electrons. The van der Waals surface area contributed by atoms with Gasteiger partial charge in [0.15, 0.2) is 5.78 Å². The van der Waals surface area contributed by atoms with E-state index in [9.17, 15) is 14.4 Å². The maximum Gasteiger partial charge on any atom is 0.408 e. The van der Waals surface area contributed by atoms with E-state index >= 15 is 0 Å². The summed E-state index contributed by atoms with van der Waals surface area (Å²) in [6.07, 6.45) is 0.997. The van der Waals surface area contributed by atoms with Crippen molar-refractivity contribution < 1.29 is 23.9 Å². The number of nitrogens with one attached hydrogen (secondary N) is 1. The van der Waals surface area contributed by atoms with Gasteiger partial charge in [-0.15, -0.1) is 0 Å². The first kappa shape index (κ1) is 21.4. The van der Waals surface area contributed by atoms with Gasteiger partial charge in [0, 0.05) is 0 Å². The number of amides is 1. The molecule has 23 heavy (non-hydrogen) atoms. The van der Waals surface area contributed by atoms with Gasteiger partial charge in [-0.2, -0.15) is 0 Å². The van der Waals surface area contributed by atoms with Crippen molar-refractivity contribution in [3.63, 3.8) is 0 Å². The molecule has 0 saturated heterocycles. The Bertz CT molecular complexity index is 412. The molecule has 0 bridgehead atoms. The van der Waals surface area contributed by atoms with Gasteiger partial charge >= 0.3 is 12.1 Å². The van der Waals surface area contributed by atoms with Gasteiger partial charge in [-0.1, -0.05) is 27.2 Å². The number of ketones is 1. The molecule has 0 saturated carbocycles. The van der Waals surface area contributed by atoms with Crippen LogP contribution in [0.4, 0.5) is 4.79 Å². The highest BCUT2D eigenvalue weighted by Crippen LogP contribution is 2.13. The predicted octanol–water partition coefficient (Wildman–Crippen LogP) is 3.08. The molecule has 1 amide bonds. The summed E-state index contributed by atoms with van der Waals surface area (Å²) in [6.45, 7) is 12.6. The Morgan fingerprint density at radius 1 is 1.09 bits per heavy atom. The molecule has 0 aromatic carbocycles. The molecule has 0 aliphatic heterocycles. The van der Waals surface area contributed by atoms with E-state index in [1.165, 1.54) is 6.92 Å². The van der Waals surface area contributed by atoms with E-state index in [0.717, 1.165) is 12.8 Å². The molecule has 0 rings (SSSR count). The van der Waals surface area contributed by atoms with Crippen molar-refractivity contribution >= 4 is 17.8 Å². The Balaban J connectivity index is 4.78.